The van der Waals surface area contributed by atoms with Crippen molar-refractivity contribution >= 4 is 5.91 Å². The predicted octanol–water partition coefficient (Wildman–Crippen LogP) is 1.41. The molecule has 21 heavy (non-hydrogen) atoms. The lowest BCUT2D eigenvalue weighted by molar-refractivity contribution is 0.0948. The first-order valence-electron chi connectivity index (χ1n) is 7.14. The first kappa shape index (κ1) is 17.2. The molecule has 0 unspecified atom stereocenters. The van der Waals surface area contributed by atoms with Crippen molar-refractivity contribution in [1.29, 1.82) is 0 Å². The average Bonchev–Trinajstić information content (AvgIpc) is 2.44. The van der Waals surface area contributed by atoms with E-state index in [0.29, 0.717) is 23.7 Å². The normalized spacial score (nSPS) is 10.4. The Kier molecular flexibility index (Phi) is 6.93. The van der Waals surface area contributed by atoms with Gasteiger partial charge in [0, 0.05) is 24.7 Å². The third-order valence-corrected chi connectivity index (χ3v) is 3.35. The molecule has 1 rings (SSSR count). The number of aliphatic hydroxyl groups is 1. The van der Waals surface area contributed by atoms with Gasteiger partial charge in [0.2, 0.25) is 0 Å². The number of carbonyl (C=O) groups excluding carboxylic acids is 1. The van der Waals surface area contributed by atoms with Crippen molar-refractivity contribution in [1.82, 2.24) is 10.2 Å². The Balaban J connectivity index is 2.74. The molecule has 0 aliphatic carbocycles. The number of carbonyl (C=O) groups is 1. The smallest absolute Gasteiger partial charge is 0.252 e. The molecule has 1 aromatic carbocycles. The van der Waals surface area contributed by atoms with Gasteiger partial charge in [0.05, 0.1) is 5.56 Å². The van der Waals surface area contributed by atoms with Crippen LogP contribution in [0.2, 0.25) is 0 Å². The largest absolute Gasteiger partial charge is 0.384 e. The van der Waals surface area contributed by atoms with E-state index in [1.165, 1.54) is 0 Å². The second-order valence-electron chi connectivity index (χ2n) is 5.34. The second kappa shape index (κ2) is 8.46. The fourth-order valence-electron chi connectivity index (χ4n) is 1.79. The van der Waals surface area contributed by atoms with Crippen LogP contribution in [0.3, 0.4) is 0 Å². The molecule has 0 bridgehead atoms. The third-order valence-electron chi connectivity index (χ3n) is 3.35. The van der Waals surface area contributed by atoms with Crippen molar-refractivity contribution in [2.75, 3.05) is 26.7 Å². The lowest BCUT2D eigenvalue weighted by Crippen LogP contribution is -2.36. The highest BCUT2D eigenvalue weighted by Crippen LogP contribution is 2.10. The number of hydrogen-bond acceptors (Lipinski definition) is 3. The topological polar surface area (TPSA) is 52.6 Å². The molecule has 114 valence electrons. The molecule has 0 radical (unpaired) electrons. The third kappa shape index (κ3) is 5.58. The second-order valence-corrected chi connectivity index (χ2v) is 5.34. The number of aliphatic hydroxyl groups excluding tert-OH is 1. The van der Waals surface area contributed by atoms with Crippen LogP contribution < -0.4 is 5.32 Å². The Bertz CT molecular complexity index is 541. The molecule has 0 saturated carbocycles. The van der Waals surface area contributed by atoms with Gasteiger partial charge in [0.25, 0.3) is 5.91 Å². The molecule has 0 aromatic heterocycles. The predicted molar refractivity (Wildman–Crippen MR) is 85.2 cm³/mol. The van der Waals surface area contributed by atoms with E-state index in [1.54, 1.807) is 6.07 Å². The Labute approximate surface area is 127 Å². The van der Waals surface area contributed by atoms with E-state index in [0.717, 1.165) is 12.1 Å². The lowest BCUT2D eigenvalue weighted by Gasteiger charge is -2.21. The minimum Gasteiger partial charge on any atom is -0.384 e. The van der Waals surface area contributed by atoms with E-state index in [4.69, 9.17) is 5.11 Å². The van der Waals surface area contributed by atoms with Gasteiger partial charge in [-0.2, -0.15) is 0 Å². The molecule has 0 heterocycles. The highest BCUT2D eigenvalue weighted by molar-refractivity contribution is 5.96. The van der Waals surface area contributed by atoms with Crippen molar-refractivity contribution in [2.45, 2.75) is 26.8 Å². The van der Waals surface area contributed by atoms with Crippen LogP contribution in [-0.2, 0) is 0 Å². The maximum Gasteiger partial charge on any atom is 0.252 e. The number of nitrogens with zero attached hydrogens (tertiary/aromatic N) is 1. The van der Waals surface area contributed by atoms with E-state index in [-0.39, 0.29) is 12.5 Å². The summed E-state index contributed by atoms with van der Waals surface area (Å²) >= 11 is 0. The molecule has 2 N–H and O–H groups in total. The van der Waals surface area contributed by atoms with Crippen LogP contribution in [0, 0.1) is 18.8 Å². The zero-order valence-electron chi connectivity index (χ0n) is 13.2. The van der Waals surface area contributed by atoms with Gasteiger partial charge < -0.3 is 15.3 Å². The molecule has 0 spiro atoms. The zero-order valence-corrected chi connectivity index (χ0v) is 13.2. The SMILES string of the molecule is Cc1ccc(C(=O)NCCN(C)C(C)C)c(C#CCO)c1. The van der Waals surface area contributed by atoms with E-state index in [9.17, 15) is 4.79 Å². The summed E-state index contributed by atoms with van der Waals surface area (Å²) in [4.78, 5) is 14.4. The van der Waals surface area contributed by atoms with E-state index < -0.39 is 0 Å². The maximum absolute atomic E-state index is 12.2. The van der Waals surface area contributed by atoms with Gasteiger partial charge in [-0.25, -0.2) is 0 Å². The van der Waals surface area contributed by atoms with Gasteiger partial charge in [-0.05, 0) is 45.5 Å². The Morgan fingerprint density at radius 1 is 1.43 bits per heavy atom. The Hall–Kier alpha value is -1.83. The van der Waals surface area contributed by atoms with Crippen LogP contribution in [0.1, 0.15) is 35.3 Å². The van der Waals surface area contributed by atoms with Gasteiger partial charge in [-0.15, -0.1) is 0 Å². The maximum atomic E-state index is 12.2. The van der Waals surface area contributed by atoms with Crippen molar-refractivity contribution < 1.29 is 9.90 Å². The summed E-state index contributed by atoms with van der Waals surface area (Å²) in [7, 11) is 2.03. The number of hydrogen-bond donors (Lipinski definition) is 2. The van der Waals surface area contributed by atoms with Crippen LogP contribution in [0.4, 0.5) is 0 Å². The molecule has 0 aliphatic heterocycles. The van der Waals surface area contributed by atoms with Crippen molar-refractivity contribution in [3.8, 4) is 11.8 Å². The first-order valence-corrected chi connectivity index (χ1v) is 7.14. The summed E-state index contributed by atoms with van der Waals surface area (Å²) < 4.78 is 0. The average molecular weight is 288 g/mol. The van der Waals surface area contributed by atoms with E-state index in [1.807, 2.05) is 26.1 Å². The molecule has 4 nitrogen and oxygen atoms in total. The zero-order chi connectivity index (χ0) is 15.8. The molecule has 1 aromatic rings. The van der Waals surface area contributed by atoms with Crippen molar-refractivity contribution in [3.63, 3.8) is 0 Å². The number of nitrogens with one attached hydrogen (secondary N) is 1. The summed E-state index contributed by atoms with van der Waals surface area (Å²) in [6.45, 7) is 7.35. The van der Waals surface area contributed by atoms with Gasteiger partial charge in [0.1, 0.15) is 6.61 Å². The number of rotatable bonds is 5. The standard InChI is InChI=1S/C17H24N2O2/c1-13(2)19(4)10-9-18-17(21)16-8-7-14(3)12-15(16)6-5-11-20/h7-8,12-13,20H,9-11H2,1-4H3,(H,18,21). The van der Waals surface area contributed by atoms with E-state index in [2.05, 4.69) is 35.9 Å². The highest BCUT2D eigenvalue weighted by Gasteiger charge is 2.10. The van der Waals surface area contributed by atoms with Gasteiger partial charge >= 0.3 is 0 Å². The van der Waals surface area contributed by atoms with Crippen molar-refractivity contribution in [3.05, 3.63) is 34.9 Å². The fourth-order valence-corrected chi connectivity index (χ4v) is 1.79. The minimum absolute atomic E-state index is 0.130. The molecule has 0 fully saturated rings. The molecule has 4 heteroatoms. The molecular weight excluding hydrogens is 264 g/mol. The number of amides is 1. The van der Waals surface area contributed by atoms with Crippen LogP contribution in [0.15, 0.2) is 18.2 Å². The number of likely N-dealkylation sites (N-methyl/N-ethyl adjacent to an activating group) is 1. The lowest BCUT2D eigenvalue weighted by atomic mass is 10.0. The summed E-state index contributed by atoms with van der Waals surface area (Å²) in [5.74, 6) is 5.29. The Morgan fingerprint density at radius 2 is 2.14 bits per heavy atom. The molecular formula is C17H24N2O2. The minimum atomic E-state index is -0.214. The quantitative estimate of drug-likeness (QED) is 0.806. The summed E-state index contributed by atoms with van der Waals surface area (Å²) in [6, 6.07) is 5.97. The fraction of sp³-hybridized carbons (Fsp3) is 0.471. The molecule has 1 amide bonds. The molecule has 0 saturated heterocycles. The monoisotopic (exact) mass is 288 g/mol. The van der Waals surface area contributed by atoms with Crippen LogP contribution in [-0.4, -0.2) is 48.7 Å². The summed E-state index contributed by atoms with van der Waals surface area (Å²) in [5, 5.41) is 11.7. The van der Waals surface area contributed by atoms with Gasteiger partial charge in [0.15, 0.2) is 0 Å². The summed E-state index contributed by atoms with van der Waals surface area (Å²) in [6.07, 6.45) is 0. The first-order chi connectivity index (χ1) is 9.95. The highest BCUT2D eigenvalue weighted by atomic mass is 16.2. The summed E-state index contributed by atoms with van der Waals surface area (Å²) in [5.41, 5.74) is 2.24. The van der Waals surface area contributed by atoms with Crippen LogP contribution in [0.5, 0.6) is 0 Å². The molecule has 0 atom stereocenters. The van der Waals surface area contributed by atoms with Gasteiger partial charge in [-0.1, -0.05) is 17.9 Å². The number of benzene rings is 1. The number of aryl methyl sites for hydroxylation is 1. The van der Waals surface area contributed by atoms with Crippen molar-refractivity contribution in [2.24, 2.45) is 0 Å². The Morgan fingerprint density at radius 3 is 2.76 bits per heavy atom. The van der Waals surface area contributed by atoms with Crippen LogP contribution in [0.25, 0.3) is 0 Å². The molecule has 0 aliphatic rings. The van der Waals surface area contributed by atoms with Gasteiger partial charge in [-0.3, -0.25) is 4.79 Å². The van der Waals surface area contributed by atoms with E-state index >= 15 is 0 Å². The van der Waals surface area contributed by atoms with Crippen LogP contribution >= 0.6 is 0 Å².